The summed E-state index contributed by atoms with van der Waals surface area (Å²) in [5.74, 6) is 0. The molecule has 102 valence electrons. The number of alkyl halides is 3. The minimum Gasteiger partial charge on any atom is -0.377 e. The van der Waals surface area contributed by atoms with Crippen molar-refractivity contribution in [1.82, 2.24) is 0 Å². The van der Waals surface area contributed by atoms with E-state index in [-0.39, 0.29) is 13.0 Å². The zero-order chi connectivity index (χ0) is 13.4. The highest BCUT2D eigenvalue weighted by molar-refractivity contribution is 5.26. The van der Waals surface area contributed by atoms with Gasteiger partial charge in [0.15, 0.2) is 0 Å². The van der Waals surface area contributed by atoms with Crippen molar-refractivity contribution in [2.45, 2.75) is 32.0 Å². The molecule has 2 N–H and O–H groups in total. The molecule has 0 atom stereocenters. The summed E-state index contributed by atoms with van der Waals surface area (Å²) in [7, 11) is 0. The molecule has 1 aromatic rings. The summed E-state index contributed by atoms with van der Waals surface area (Å²) in [6.07, 6.45) is -4.14. The van der Waals surface area contributed by atoms with Gasteiger partial charge < -0.3 is 10.5 Å². The number of halogens is 3. The van der Waals surface area contributed by atoms with E-state index < -0.39 is 12.6 Å². The fourth-order valence-electron chi connectivity index (χ4n) is 1.65. The topological polar surface area (TPSA) is 35.2 Å². The van der Waals surface area contributed by atoms with Gasteiger partial charge in [0.2, 0.25) is 0 Å². The van der Waals surface area contributed by atoms with E-state index in [1.165, 1.54) is 0 Å². The summed E-state index contributed by atoms with van der Waals surface area (Å²) in [6, 6.07) is 7.67. The smallest absolute Gasteiger partial charge is 0.377 e. The summed E-state index contributed by atoms with van der Waals surface area (Å²) in [5.41, 5.74) is 7.58. The predicted octanol–water partition coefficient (Wildman–Crippen LogP) is 3.05. The van der Waals surface area contributed by atoms with E-state index in [1.54, 1.807) is 0 Å². The van der Waals surface area contributed by atoms with E-state index in [1.807, 2.05) is 24.3 Å². The third-order valence-electron chi connectivity index (χ3n) is 2.54. The number of hydrogen-bond acceptors (Lipinski definition) is 2. The molecule has 0 aromatic heterocycles. The van der Waals surface area contributed by atoms with E-state index in [9.17, 15) is 13.2 Å². The van der Waals surface area contributed by atoms with Crippen molar-refractivity contribution in [2.75, 3.05) is 13.2 Å². The Hall–Kier alpha value is -1.07. The summed E-state index contributed by atoms with van der Waals surface area (Å²) >= 11 is 0. The van der Waals surface area contributed by atoms with Crippen LogP contribution in [0.1, 0.15) is 24.0 Å². The van der Waals surface area contributed by atoms with Crippen molar-refractivity contribution in [3.63, 3.8) is 0 Å². The largest absolute Gasteiger partial charge is 0.389 e. The van der Waals surface area contributed by atoms with Gasteiger partial charge in [-0.15, -0.1) is 0 Å². The first-order chi connectivity index (χ1) is 8.53. The van der Waals surface area contributed by atoms with Gasteiger partial charge in [-0.25, -0.2) is 0 Å². The Kier molecular flexibility index (Phi) is 6.15. The lowest BCUT2D eigenvalue weighted by molar-refractivity contribution is -0.138. The molecule has 0 spiro atoms. The van der Waals surface area contributed by atoms with Gasteiger partial charge >= 0.3 is 6.18 Å². The van der Waals surface area contributed by atoms with E-state index in [0.717, 1.165) is 17.5 Å². The zero-order valence-electron chi connectivity index (χ0n) is 10.2. The Labute approximate surface area is 105 Å². The van der Waals surface area contributed by atoms with Crippen molar-refractivity contribution in [2.24, 2.45) is 5.73 Å². The molecule has 0 heterocycles. The van der Waals surface area contributed by atoms with Gasteiger partial charge in [0, 0.05) is 13.0 Å². The molecule has 0 saturated carbocycles. The molecule has 0 fully saturated rings. The maximum atomic E-state index is 11.9. The molecule has 0 saturated heterocycles. The number of rotatable bonds is 7. The number of benzene rings is 1. The molecule has 0 aliphatic heterocycles. The van der Waals surface area contributed by atoms with Crippen LogP contribution in [0, 0.1) is 0 Å². The maximum absolute atomic E-state index is 11.9. The average molecular weight is 261 g/mol. The SMILES string of the molecule is NCCc1ccccc1COCCCC(F)(F)F. The standard InChI is InChI=1S/C13H18F3NO/c14-13(15,16)7-3-9-18-10-12-5-2-1-4-11(12)6-8-17/h1-2,4-5H,3,6-10,17H2. The van der Waals surface area contributed by atoms with Gasteiger partial charge in [-0.1, -0.05) is 24.3 Å². The second-order valence-corrected chi connectivity index (χ2v) is 4.08. The third kappa shape index (κ3) is 6.02. The summed E-state index contributed by atoms with van der Waals surface area (Å²) in [5, 5.41) is 0. The Bertz CT molecular complexity index is 352. The van der Waals surface area contributed by atoms with Gasteiger partial charge in [0.05, 0.1) is 6.61 Å². The monoisotopic (exact) mass is 261 g/mol. The van der Waals surface area contributed by atoms with Crippen molar-refractivity contribution in [3.05, 3.63) is 35.4 Å². The minimum atomic E-state index is -4.10. The van der Waals surface area contributed by atoms with Gasteiger partial charge in [0.1, 0.15) is 0 Å². The highest BCUT2D eigenvalue weighted by Crippen LogP contribution is 2.21. The molecular formula is C13H18F3NO. The van der Waals surface area contributed by atoms with Crippen LogP contribution in [0.4, 0.5) is 13.2 Å². The average Bonchev–Trinajstić information content (AvgIpc) is 2.29. The fraction of sp³-hybridized carbons (Fsp3) is 0.538. The van der Waals surface area contributed by atoms with Crippen molar-refractivity contribution < 1.29 is 17.9 Å². The fourth-order valence-corrected chi connectivity index (χ4v) is 1.65. The molecule has 1 rings (SSSR count). The summed E-state index contributed by atoms with van der Waals surface area (Å²) in [6.45, 7) is 1.01. The second kappa shape index (κ2) is 7.38. The van der Waals surface area contributed by atoms with E-state index in [0.29, 0.717) is 13.2 Å². The van der Waals surface area contributed by atoms with Crippen molar-refractivity contribution in [3.8, 4) is 0 Å². The van der Waals surface area contributed by atoms with Crippen LogP contribution in [0.2, 0.25) is 0 Å². The Balaban J connectivity index is 2.31. The Morgan fingerprint density at radius 3 is 2.39 bits per heavy atom. The van der Waals surface area contributed by atoms with E-state index >= 15 is 0 Å². The number of hydrogen-bond donors (Lipinski definition) is 1. The van der Waals surface area contributed by atoms with E-state index in [2.05, 4.69) is 0 Å². The first kappa shape index (κ1) is 15.0. The molecular weight excluding hydrogens is 243 g/mol. The van der Waals surface area contributed by atoms with Crippen LogP contribution in [0.5, 0.6) is 0 Å². The van der Waals surface area contributed by atoms with E-state index in [4.69, 9.17) is 10.5 Å². The van der Waals surface area contributed by atoms with Crippen molar-refractivity contribution >= 4 is 0 Å². The molecule has 18 heavy (non-hydrogen) atoms. The highest BCUT2D eigenvalue weighted by Gasteiger charge is 2.25. The molecule has 2 nitrogen and oxygen atoms in total. The number of ether oxygens (including phenoxy) is 1. The Morgan fingerprint density at radius 1 is 1.11 bits per heavy atom. The van der Waals surface area contributed by atoms with Crippen LogP contribution in [-0.4, -0.2) is 19.3 Å². The third-order valence-corrected chi connectivity index (χ3v) is 2.54. The predicted molar refractivity (Wildman–Crippen MR) is 64.1 cm³/mol. The molecule has 5 heteroatoms. The quantitative estimate of drug-likeness (QED) is 0.766. The Morgan fingerprint density at radius 2 is 1.78 bits per heavy atom. The van der Waals surface area contributed by atoms with Gasteiger partial charge in [-0.05, 0) is 30.5 Å². The van der Waals surface area contributed by atoms with Crippen molar-refractivity contribution in [1.29, 1.82) is 0 Å². The first-order valence-electron chi connectivity index (χ1n) is 5.94. The lowest BCUT2D eigenvalue weighted by Gasteiger charge is -2.10. The first-order valence-corrected chi connectivity index (χ1v) is 5.94. The van der Waals surface area contributed by atoms with Crippen LogP contribution >= 0.6 is 0 Å². The highest BCUT2D eigenvalue weighted by atomic mass is 19.4. The number of nitrogens with two attached hydrogens (primary N) is 1. The maximum Gasteiger partial charge on any atom is 0.389 e. The molecule has 1 aromatic carbocycles. The van der Waals surface area contributed by atoms with Crippen LogP contribution in [-0.2, 0) is 17.8 Å². The molecule has 0 aliphatic carbocycles. The molecule has 0 unspecified atom stereocenters. The zero-order valence-corrected chi connectivity index (χ0v) is 10.2. The molecule has 0 aliphatic rings. The van der Waals surface area contributed by atoms with Gasteiger partial charge in [0.25, 0.3) is 0 Å². The van der Waals surface area contributed by atoms with Crippen LogP contribution in [0.25, 0.3) is 0 Å². The summed E-state index contributed by atoms with van der Waals surface area (Å²) < 4.78 is 41.0. The van der Waals surface area contributed by atoms with Crippen LogP contribution < -0.4 is 5.73 Å². The van der Waals surface area contributed by atoms with Crippen LogP contribution in [0.15, 0.2) is 24.3 Å². The molecule has 0 radical (unpaired) electrons. The molecule has 0 amide bonds. The minimum absolute atomic E-state index is 0.00254. The summed E-state index contributed by atoms with van der Waals surface area (Å²) in [4.78, 5) is 0. The normalized spacial score (nSPS) is 11.8. The lowest BCUT2D eigenvalue weighted by Crippen LogP contribution is -2.09. The van der Waals surface area contributed by atoms with Gasteiger partial charge in [-0.3, -0.25) is 0 Å². The lowest BCUT2D eigenvalue weighted by atomic mass is 10.1. The van der Waals surface area contributed by atoms with Crippen LogP contribution in [0.3, 0.4) is 0 Å². The second-order valence-electron chi connectivity index (χ2n) is 4.08. The molecule has 0 bridgehead atoms. The van der Waals surface area contributed by atoms with Gasteiger partial charge in [-0.2, -0.15) is 13.2 Å².